The Morgan fingerprint density at radius 3 is 2.39 bits per heavy atom. The fourth-order valence-corrected chi connectivity index (χ4v) is 10.4. The van der Waals surface area contributed by atoms with E-state index in [1.54, 1.807) is 12.7 Å². The van der Waals surface area contributed by atoms with Crippen molar-refractivity contribution < 1.29 is 14.0 Å². The average Bonchev–Trinajstić information content (AvgIpc) is 3.08. The number of carbonyl (C=O) groups excluding carboxylic acids is 1. The highest BCUT2D eigenvalue weighted by atomic mass is 28.4. The van der Waals surface area contributed by atoms with Gasteiger partial charge in [-0.1, -0.05) is 67.0 Å². The maximum Gasteiger partial charge on any atom is 0.192 e. The molecule has 216 valence electrons. The van der Waals surface area contributed by atoms with Crippen molar-refractivity contribution in [2.24, 2.45) is 46.3 Å². The molecule has 0 bridgehead atoms. The molecule has 3 nitrogen and oxygen atoms in total. The van der Waals surface area contributed by atoms with Crippen LogP contribution in [0.3, 0.4) is 0 Å². The van der Waals surface area contributed by atoms with Gasteiger partial charge in [0, 0.05) is 24.4 Å². The Morgan fingerprint density at radius 1 is 1.11 bits per heavy atom. The standard InChI is InChI=1S/C34H58O3Si/c1-22(2)12-15-30(36-9)23(3)31-29(35)21-28-26-14-13-24-20-25(37-38(10,11)32(4,5)6)16-18-33(24,7)27(26)17-19-34(28,31)8/h13,15,22-23,25-28,31H,12,14,16-21H2,1-11H3/b30-15-/t23?,25-,26+,27-,28-,31?,33-,34-/m0/s1. The molecule has 0 aromatic rings. The molecule has 4 aliphatic rings. The van der Waals surface area contributed by atoms with Crippen molar-refractivity contribution in [2.75, 3.05) is 7.11 Å². The smallest absolute Gasteiger partial charge is 0.192 e. The molecule has 0 radical (unpaired) electrons. The Kier molecular flexibility index (Phi) is 8.32. The lowest BCUT2D eigenvalue weighted by molar-refractivity contribution is -0.124. The number of carbonyl (C=O) groups is 1. The molecule has 3 fully saturated rings. The third-order valence-corrected chi connectivity index (χ3v) is 16.8. The van der Waals surface area contributed by atoms with Gasteiger partial charge in [-0.3, -0.25) is 4.79 Å². The largest absolute Gasteiger partial charge is 0.501 e. The van der Waals surface area contributed by atoms with Crippen LogP contribution in [0.5, 0.6) is 0 Å². The van der Waals surface area contributed by atoms with Crippen LogP contribution >= 0.6 is 0 Å². The van der Waals surface area contributed by atoms with E-state index in [1.165, 1.54) is 25.7 Å². The molecular formula is C34H58O3Si. The number of Topliss-reactive ketones (excluding diaryl/α,β-unsaturated/α-hetero) is 1. The van der Waals surface area contributed by atoms with Crippen LogP contribution < -0.4 is 0 Å². The Hall–Kier alpha value is -0.873. The number of methoxy groups -OCH3 is 1. The highest BCUT2D eigenvalue weighted by Gasteiger charge is 2.62. The number of fused-ring (bicyclic) bond motifs is 5. The topological polar surface area (TPSA) is 35.5 Å². The van der Waals surface area contributed by atoms with Gasteiger partial charge in [0.1, 0.15) is 5.78 Å². The van der Waals surface area contributed by atoms with Gasteiger partial charge in [0.15, 0.2) is 8.32 Å². The number of ether oxygens (including phenoxy) is 1. The summed E-state index contributed by atoms with van der Waals surface area (Å²) in [6, 6.07) is 0. The number of rotatable bonds is 7. The molecule has 4 heteroatoms. The van der Waals surface area contributed by atoms with Crippen molar-refractivity contribution in [1.82, 2.24) is 0 Å². The summed E-state index contributed by atoms with van der Waals surface area (Å²) >= 11 is 0. The van der Waals surface area contributed by atoms with Crippen LogP contribution in [0.1, 0.15) is 107 Å². The van der Waals surface area contributed by atoms with Gasteiger partial charge in [-0.25, -0.2) is 0 Å². The first kappa shape index (κ1) is 30.1. The Morgan fingerprint density at radius 2 is 1.79 bits per heavy atom. The molecule has 3 saturated carbocycles. The molecule has 0 amide bonds. The molecule has 0 heterocycles. The maximum absolute atomic E-state index is 13.7. The second-order valence-corrected chi connectivity index (χ2v) is 20.7. The lowest BCUT2D eigenvalue weighted by Crippen LogP contribution is -2.52. The van der Waals surface area contributed by atoms with E-state index in [0.29, 0.717) is 35.6 Å². The van der Waals surface area contributed by atoms with Crippen LogP contribution in [0.25, 0.3) is 0 Å². The van der Waals surface area contributed by atoms with Crippen LogP contribution in [0.15, 0.2) is 23.5 Å². The zero-order valence-corrected chi connectivity index (χ0v) is 27.6. The van der Waals surface area contributed by atoms with Crippen LogP contribution in [-0.2, 0) is 14.0 Å². The highest BCUT2D eigenvalue weighted by molar-refractivity contribution is 6.74. The summed E-state index contributed by atoms with van der Waals surface area (Å²) in [5.74, 6) is 4.19. The fraction of sp³-hybridized carbons (Fsp3) is 0.853. The van der Waals surface area contributed by atoms with Crippen molar-refractivity contribution in [2.45, 2.75) is 131 Å². The number of allylic oxidation sites excluding steroid dienone is 3. The molecule has 0 saturated heterocycles. The summed E-state index contributed by atoms with van der Waals surface area (Å²) in [5, 5.41) is 0.253. The zero-order valence-electron chi connectivity index (χ0n) is 26.6. The normalized spacial score (nSPS) is 38.8. The molecule has 0 N–H and O–H groups in total. The summed E-state index contributed by atoms with van der Waals surface area (Å²) in [5.41, 5.74) is 2.03. The third kappa shape index (κ3) is 5.15. The maximum atomic E-state index is 13.7. The molecule has 0 spiro atoms. The van der Waals surface area contributed by atoms with E-state index in [0.717, 1.165) is 31.4 Å². The Bertz CT molecular complexity index is 955. The average molecular weight is 543 g/mol. The summed E-state index contributed by atoms with van der Waals surface area (Å²) < 4.78 is 12.8. The molecule has 0 aromatic carbocycles. The molecule has 8 atom stereocenters. The Balaban J connectivity index is 1.54. The molecular weight excluding hydrogens is 484 g/mol. The third-order valence-electron chi connectivity index (χ3n) is 12.2. The molecule has 38 heavy (non-hydrogen) atoms. The highest BCUT2D eigenvalue weighted by Crippen LogP contribution is 2.67. The van der Waals surface area contributed by atoms with E-state index in [9.17, 15) is 4.79 Å². The molecule has 4 rings (SSSR count). The van der Waals surface area contributed by atoms with Crippen molar-refractivity contribution in [3.05, 3.63) is 23.5 Å². The SMILES string of the molecule is CO/C(=C\CC(C)C)C(C)C1C(=O)C[C@H]2[C@@H]3CC=C4C[C@@H](O[Si](C)(C)C(C)(C)C)CC[C@]4(C)[C@H]3CC[C@]12C. The fourth-order valence-electron chi connectivity index (χ4n) is 8.97. The summed E-state index contributed by atoms with van der Waals surface area (Å²) in [6.07, 6.45) is 14.1. The van der Waals surface area contributed by atoms with Crippen LogP contribution in [0.4, 0.5) is 0 Å². The van der Waals surface area contributed by atoms with Gasteiger partial charge in [-0.15, -0.1) is 0 Å². The van der Waals surface area contributed by atoms with E-state index < -0.39 is 8.32 Å². The van der Waals surface area contributed by atoms with Gasteiger partial charge in [-0.05, 0) is 104 Å². The predicted molar refractivity (Wildman–Crippen MR) is 161 cm³/mol. The van der Waals surface area contributed by atoms with E-state index in [2.05, 4.69) is 80.6 Å². The van der Waals surface area contributed by atoms with Gasteiger partial charge >= 0.3 is 0 Å². The quantitative estimate of drug-likeness (QED) is 0.183. The molecule has 2 unspecified atom stereocenters. The van der Waals surface area contributed by atoms with Crippen molar-refractivity contribution in [1.29, 1.82) is 0 Å². The zero-order chi connectivity index (χ0) is 28.3. The van der Waals surface area contributed by atoms with E-state index in [4.69, 9.17) is 9.16 Å². The van der Waals surface area contributed by atoms with Gasteiger partial charge in [0.2, 0.25) is 0 Å². The minimum absolute atomic E-state index is 0.0808. The van der Waals surface area contributed by atoms with Crippen LogP contribution in [0.2, 0.25) is 18.1 Å². The predicted octanol–water partition coefficient (Wildman–Crippen LogP) is 9.35. The van der Waals surface area contributed by atoms with Gasteiger partial charge in [0.05, 0.1) is 12.9 Å². The number of hydrogen-bond donors (Lipinski definition) is 0. The van der Waals surface area contributed by atoms with Gasteiger partial charge < -0.3 is 9.16 Å². The second kappa shape index (κ2) is 10.5. The minimum atomic E-state index is -1.77. The summed E-state index contributed by atoms with van der Waals surface area (Å²) in [6.45, 7) is 23.6. The first-order valence-electron chi connectivity index (χ1n) is 15.7. The first-order valence-corrected chi connectivity index (χ1v) is 18.6. The number of ketones is 1. The minimum Gasteiger partial charge on any atom is -0.501 e. The van der Waals surface area contributed by atoms with E-state index >= 15 is 0 Å². The monoisotopic (exact) mass is 542 g/mol. The van der Waals surface area contributed by atoms with Crippen molar-refractivity contribution in [3.8, 4) is 0 Å². The van der Waals surface area contributed by atoms with Gasteiger partial charge in [0.25, 0.3) is 0 Å². The summed E-state index contributed by atoms with van der Waals surface area (Å²) in [4.78, 5) is 13.7. The number of hydrogen-bond acceptors (Lipinski definition) is 3. The van der Waals surface area contributed by atoms with Crippen molar-refractivity contribution in [3.63, 3.8) is 0 Å². The van der Waals surface area contributed by atoms with Gasteiger partial charge in [-0.2, -0.15) is 0 Å². The van der Waals surface area contributed by atoms with Crippen molar-refractivity contribution >= 4 is 14.1 Å². The molecule has 4 aliphatic carbocycles. The Labute approximate surface area is 235 Å². The summed E-state index contributed by atoms with van der Waals surface area (Å²) in [7, 11) is 0.0238. The van der Waals surface area contributed by atoms with E-state index in [1.807, 2.05) is 0 Å². The molecule has 0 aromatic heterocycles. The van der Waals surface area contributed by atoms with Crippen LogP contribution in [-0.4, -0.2) is 27.3 Å². The lowest BCUT2D eigenvalue weighted by atomic mass is 9.47. The van der Waals surface area contributed by atoms with Crippen LogP contribution in [0, 0.1) is 46.3 Å². The van der Waals surface area contributed by atoms with E-state index in [-0.39, 0.29) is 27.7 Å². The molecule has 0 aliphatic heterocycles. The second-order valence-electron chi connectivity index (χ2n) is 15.9. The first-order chi connectivity index (χ1) is 17.5. The lowest BCUT2D eigenvalue weighted by Gasteiger charge is -2.58.